The van der Waals surface area contributed by atoms with Gasteiger partial charge < -0.3 is 28.5 Å². The predicted molar refractivity (Wildman–Crippen MR) is 157 cm³/mol. The molecular formula is C30H42F2N2O7Si. The molecule has 9 nitrogen and oxygen atoms in total. The summed E-state index contributed by atoms with van der Waals surface area (Å²) in [6.45, 7) is 16.6. The minimum Gasteiger partial charge on any atom is -0.486 e. The number of ether oxygens (including phenoxy) is 2. The van der Waals surface area contributed by atoms with Gasteiger partial charge in [-0.3, -0.25) is 4.79 Å². The van der Waals surface area contributed by atoms with Gasteiger partial charge in [-0.1, -0.05) is 20.8 Å². The van der Waals surface area contributed by atoms with Crippen molar-refractivity contribution in [3.8, 4) is 5.75 Å². The smallest absolute Gasteiger partial charge is 0.410 e. The molecule has 0 bridgehead atoms. The Morgan fingerprint density at radius 3 is 2.29 bits per heavy atom. The highest BCUT2D eigenvalue weighted by Crippen LogP contribution is 2.41. The molecular weight excluding hydrogens is 566 g/mol. The van der Waals surface area contributed by atoms with Gasteiger partial charge in [0.25, 0.3) is 0 Å². The second kappa shape index (κ2) is 11.3. The average molecular weight is 609 g/mol. The molecule has 1 N–H and O–H groups in total. The number of carboxylic acids is 1. The number of carbonyl (C=O) groups excluding carboxylic acids is 1. The highest BCUT2D eigenvalue weighted by molar-refractivity contribution is 6.74. The van der Waals surface area contributed by atoms with Crippen LogP contribution in [0.5, 0.6) is 5.75 Å². The van der Waals surface area contributed by atoms with Gasteiger partial charge in [-0.05, 0) is 64.2 Å². The molecule has 1 amide bonds. The first kappa shape index (κ1) is 31.9. The normalized spacial score (nSPS) is 19.8. The summed E-state index contributed by atoms with van der Waals surface area (Å²) in [6.07, 6.45) is 2.50. The van der Waals surface area contributed by atoms with Gasteiger partial charge in [0.15, 0.2) is 19.9 Å². The van der Waals surface area contributed by atoms with Gasteiger partial charge >= 0.3 is 12.1 Å². The van der Waals surface area contributed by atoms with E-state index in [1.807, 2.05) is 0 Å². The number of rotatable bonds is 8. The maximum Gasteiger partial charge on any atom is 0.410 e. The standard InChI is InChI=1S/C30H42F2N2O7Si/c1-29(2,3)41-28(38)34-13-17(15-40-42(7,8)30(4,5)6)11-19(34)16-39-26-23(32)22(31)12-20-24(26)33(18-9-10-18)14-21(25(20)35)27(36)37/h12,14,17-19H,9-11,13,15-16H2,1-8H3,(H,36,37)/t17-,19+/m1/s1. The fourth-order valence-corrected chi connectivity index (χ4v) is 6.00. The van der Waals surface area contributed by atoms with Crippen LogP contribution < -0.4 is 10.2 Å². The number of hydrogen-bond donors (Lipinski definition) is 1. The second-order valence-corrected chi connectivity index (χ2v) is 18.8. The largest absolute Gasteiger partial charge is 0.486 e. The number of fused-ring (bicyclic) bond motifs is 1. The third kappa shape index (κ3) is 6.64. The van der Waals surface area contributed by atoms with Crippen molar-refractivity contribution in [3.63, 3.8) is 0 Å². The molecule has 1 aliphatic carbocycles. The second-order valence-electron chi connectivity index (χ2n) is 14.0. The van der Waals surface area contributed by atoms with Crippen molar-refractivity contribution in [3.05, 3.63) is 39.7 Å². The van der Waals surface area contributed by atoms with Crippen LogP contribution in [0, 0.1) is 17.6 Å². The van der Waals surface area contributed by atoms with Crippen molar-refractivity contribution in [1.29, 1.82) is 0 Å². The Morgan fingerprint density at radius 1 is 1.10 bits per heavy atom. The fourth-order valence-electron chi connectivity index (χ4n) is 4.91. The van der Waals surface area contributed by atoms with Crippen LogP contribution in [0.4, 0.5) is 13.6 Å². The number of carboxylic acid groups (broad SMARTS) is 1. The van der Waals surface area contributed by atoms with Gasteiger partial charge in [-0.15, -0.1) is 0 Å². The number of carbonyl (C=O) groups is 2. The number of aromatic carboxylic acids is 1. The topological polar surface area (TPSA) is 107 Å². The molecule has 1 aromatic heterocycles. The highest BCUT2D eigenvalue weighted by Gasteiger charge is 2.42. The van der Waals surface area contributed by atoms with Gasteiger partial charge in [0, 0.05) is 31.3 Å². The number of benzene rings is 1. The first-order valence-corrected chi connectivity index (χ1v) is 17.3. The number of likely N-dealkylation sites (tertiary alicyclic amines) is 1. The van der Waals surface area contributed by atoms with Crippen molar-refractivity contribution in [2.24, 2.45) is 5.92 Å². The van der Waals surface area contributed by atoms with E-state index in [1.54, 1.807) is 25.7 Å². The molecule has 0 unspecified atom stereocenters. The van der Waals surface area contributed by atoms with E-state index in [-0.39, 0.29) is 34.5 Å². The van der Waals surface area contributed by atoms with Gasteiger partial charge in [-0.2, -0.15) is 4.39 Å². The highest BCUT2D eigenvalue weighted by atomic mass is 28.4. The van der Waals surface area contributed by atoms with Crippen LogP contribution in [0.2, 0.25) is 18.1 Å². The first-order valence-electron chi connectivity index (χ1n) is 14.4. The van der Waals surface area contributed by atoms with Gasteiger partial charge in [0.05, 0.1) is 16.9 Å². The molecule has 1 saturated heterocycles. The molecule has 1 saturated carbocycles. The quantitative estimate of drug-likeness (QED) is 0.349. The molecule has 1 aromatic carbocycles. The maximum atomic E-state index is 15.3. The van der Waals surface area contributed by atoms with Crippen molar-refractivity contribution < 1.29 is 37.4 Å². The number of nitrogens with zero attached hydrogens (tertiary/aromatic N) is 2. The summed E-state index contributed by atoms with van der Waals surface area (Å²) in [7, 11) is -2.06. The lowest BCUT2D eigenvalue weighted by Gasteiger charge is -2.37. The van der Waals surface area contributed by atoms with Crippen LogP contribution in [0.3, 0.4) is 0 Å². The molecule has 2 atom stereocenters. The summed E-state index contributed by atoms with van der Waals surface area (Å²) in [5, 5.41) is 9.28. The molecule has 4 rings (SSSR count). The van der Waals surface area contributed by atoms with Crippen molar-refractivity contribution >= 4 is 31.3 Å². The molecule has 1 aliphatic heterocycles. The minimum absolute atomic E-state index is 0.00558. The summed E-state index contributed by atoms with van der Waals surface area (Å²) in [6, 6.07) is 0.0205. The van der Waals surface area contributed by atoms with Crippen molar-refractivity contribution in [2.75, 3.05) is 19.8 Å². The van der Waals surface area contributed by atoms with Gasteiger partial charge in [-0.25, -0.2) is 14.0 Å². The van der Waals surface area contributed by atoms with Crippen LogP contribution in [0.25, 0.3) is 10.9 Å². The lowest BCUT2D eigenvalue weighted by atomic mass is 10.1. The molecule has 42 heavy (non-hydrogen) atoms. The lowest BCUT2D eigenvalue weighted by molar-refractivity contribution is 0.0180. The monoisotopic (exact) mass is 608 g/mol. The molecule has 2 aliphatic rings. The van der Waals surface area contributed by atoms with Crippen LogP contribution in [-0.2, 0) is 9.16 Å². The van der Waals surface area contributed by atoms with Gasteiger partial charge in [0.1, 0.15) is 17.8 Å². The Balaban J connectivity index is 1.66. The lowest BCUT2D eigenvalue weighted by Crippen LogP contribution is -2.43. The Labute approximate surface area is 245 Å². The van der Waals surface area contributed by atoms with E-state index in [0.29, 0.717) is 32.4 Å². The first-order chi connectivity index (χ1) is 19.3. The fraction of sp³-hybridized carbons (Fsp3) is 0.633. The SMILES string of the molecule is CC(C)(C)OC(=O)N1C[C@H](CO[Si](C)(C)C(C)(C)C)C[C@H]1COc1c(F)c(F)cc2c(=O)c(C(=O)O)cn(C3CC3)c12. The summed E-state index contributed by atoms with van der Waals surface area (Å²) in [4.78, 5) is 39.4. The number of aromatic nitrogens is 1. The van der Waals surface area contributed by atoms with E-state index in [0.717, 1.165) is 6.07 Å². The van der Waals surface area contributed by atoms with E-state index in [4.69, 9.17) is 13.9 Å². The summed E-state index contributed by atoms with van der Waals surface area (Å²) in [5.74, 6) is -4.56. The Hall–Kier alpha value is -2.99. The Kier molecular flexibility index (Phi) is 8.56. The summed E-state index contributed by atoms with van der Waals surface area (Å²) >= 11 is 0. The minimum atomic E-state index is -2.06. The zero-order chi connectivity index (χ0) is 31.4. The molecule has 2 fully saturated rings. The molecule has 2 heterocycles. The maximum absolute atomic E-state index is 15.3. The zero-order valence-corrected chi connectivity index (χ0v) is 26.7. The summed E-state index contributed by atoms with van der Waals surface area (Å²) in [5.41, 5.74) is -2.18. The number of hydrogen-bond acceptors (Lipinski definition) is 6. The number of pyridine rings is 1. The molecule has 232 valence electrons. The van der Waals surface area contributed by atoms with E-state index in [9.17, 15) is 23.9 Å². The molecule has 2 aromatic rings. The van der Waals surface area contributed by atoms with E-state index in [1.165, 1.54) is 10.8 Å². The van der Waals surface area contributed by atoms with Crippen LogP contribution in [0.15, 0.2) is 17.1 Å². The molecule has 0 radical (unpaired) electrons. The van der Waals surface area contributed by atoms with Crippen molar-refractivity contribution in [2.45, 2.75) is 96.6 Å². The van der Waals surface area contributed by atoms with E-state index in [2.05, 4.69) is 33.9 Å². The molecule has 0 spiro atoms. The van der Waals surface area contributed by atoms with Crippen LogP contribution in [-0.4, -0.2) is 66.4 Å². The Morgan fingerprint density at radius 2 is 1.74 bits per heavy atom. The summed E-state index contributed by atoms with van der Waals surface area (Å²) < 4.78 is 49.6. The van der Waals surface area contributed by atoms with Gasteiger partial charge in [0.2, 0.25) is 11.2 Å². The Bertz CT molecular complexity index is 1440. The third-order valence-corrected chi connectivity index (χ3v) is 12.9. The zero-order valence-electron chi connectivity index (χ0n) is 25.7. The van der Waals surface area contributed by atoms with E-state index < -0.39 is 60.4 Å². The van der Waals surface area contributed by atoms with Crippen LogP contribution in [0.1, 0.15) is 77.2 Å². The molecule has 12 heteroatoms. The third-order valence-electron chi connectivity index (χ3n) is 8.37. The number of amides is 1. The number of halogens is 2. The van der Waals surface area contributed by atoms with Crippen molar-refractivity contribution in [1.82, 2.24) is 9.47 Å². The average Bonchev–Trinajstić information content (AvgIpc) is 3.61. The van der Waals surface area contributed by atoms with E-state index >= 15 is 4.39 Å². The predicted octanol–water partition coefficient (Wildman–Crippen LogP) is 6.34. The van der Waals surface area contributed by atoms with Crippen LogP contribution >= 0.6 is 0 Å².